The van der Waals surface area contributed by atoms with Gasteiger partial charge in [-0.05, 0) is 31.0 Å². The molecule has 140 valence electrons. The minimum Gasteiger partial charge on any atom is -0.356 e. The van der Waals surface area contributed by atoms with E-state index in [1.807, 2.05) is 47.4 Å². The van der Waals surface area contributed by atoms with Crippen LogP contribution in [0, 0.1) is 0 Å². The van der Waals surface area contributed by atoms with E-state index < -0.39 is 0 Å². The second-order valence-corrected chi connectivity index (χ2v) is 6.70. The molecular formula is C19H19N9. The Labute approximate surface area is 161 Å². The summed E-state index contributed by atoms with van der Waals surface area (Å²) >= 11 is 0. The van der Waals surface area contributed by atoms with Gasteiger partial charge in [-0.15, -0.1) is 5.10 Å². The highest BCUT2D eigenvalue weighted by Gasteiger charge is 2.23. The first kappa shape index (κ1) is 16.5. The van der Waals surface area contributed by atoms with Crippen LogP contribution in [-0.2, 0) is 0 Å². The van der Waals surface area contributed by atoms with Gasteiger partial charge in [-0.2, -0.15) is 5.10 Å². The van der Waals surface area contributed by atoms with Gasteiger partial charge in [-0.3, -0.25) is 4.98 Å². The molecule has 0 radical (unpaired) electrons. The van der Waals surface area contributed by atoms with Gasteiger partial charge < -0.3 is 4.90 Å². The lowest BCUT2D eigenvalue weighted by Crippen LogP contribution is -2.35. The van der Waals surface area contributed by atoms with E-state index in [1.54, 1.807) is 23.4 Å². The summed E-state index contributed by atoms with van der Waals surface area (Å²) < 4.78 is 3.71. The van der Waals surface area contributed by atoms with Crippen molar-refractivity contribution < 1.29 is 0 Å². The maximum Gasteiger partial charge on any atom is 0.158 e. The summed E-state index contributed by atoms with van der Waals surface area (Å²) in [5.41, 5.74) is 1.65. The van der Waals surface area contributed by atoms with Gasteiger partial charge in [0.05, 0.1) is 17.9 Å². The van der Waals surface area contributed by atoms with Crippen LogP contribution in [0.5, 0.6) is 0 Å². The average molecular weight is 373 g/mol. The standard InChI is InChI=1S/C19H19N9/c1-2-7-20-16(4-1)17-13-28(25-24-17)15-5-10-26(11-6-15)18-12-19(22-14-21-18)27-9-3-8-23-27/h1-4,7-9,12-15H,5-6,10-11H2. The first-order chi connectivity index (χ1) is 13.9. The molecule has 1 saturated heterocycles. The van der Waals surface area contributed by atoms with Crippen molar-refractivity contribution in [3.63, 3.8) is 0 Å². The van der Waals surface area contributed by atoms with Crippen molar-refractivity contribution >= 4 is 5.82 Å². The van der Waals surface area contributed by atoms with Gasteiger partial charge in [-0.25, -0.2) is 19.3 Å². The van der Waals surface area contributed by atoms with E-state index in [1.165, 1.54) is 0 Å². The van der Waals surface area contributed by atoms with Crippen molar-refractivity contribution in [1.82, 2.24) is 39.7 Å². The Balaban J connectivity index is 1.27. The van der Waals surface area contributed by atoms with Crippen molar-refractivity contribution in [1.29, 1.82) is 0 Å². The summed E-state index contributed by atoms with van der Waals surface area (Å²) in [6, 6.07) is 9.98. The highest BCUT2D eigenvalue weighted by atomic mass is 15.4. The molecule has 4 aromatic rings. The normalized spacial score (nSPS) is 15.1. The van der Waals surface area contributed by atoms with Crippen LogP contribution in [0.25, 0.3) is 17.2 Å². The molecule has 9 heteroatoms. The number of pyridine rings is 1. The molecule has 1 aliphatic heterocycles. The largest absolute Gasteiger partial charge is 0.356 e. The van der Waals surface area contributed by atoms with Crippen molar-refractivity contribution in [2.75, 3.05) is 18.0 Å². The summed E-state index contributed by atoms with van der Waals surface area (Å²) in [4.78, 5) is 15.4. The molecule has 1 aliphatic rings. The lowest BCUT2D eigenvalue weighted by atomic mass is 10.1. The molecule has 5 heterocycles. The molecule has 0 bridgehead atoms. The summed E-state index contributed by atoms with van der Waals surface area (Å²) in [5.74, 6) is 1.69. The van der Waals surface area contributed by atoms with Crippen LogP contribution in [0.1, 0.15) is 18.9 Å². The number of hydrogen-bond donors (Lipinski definition) is 0. The van der Waals surface area contributed by atoms with E-state index in [0.29, 0.717) is 6.04 Å². The minimum atomic E-state index is 0.327. The van der Waals surface area contributed by atoms with Gasteiger partial charge in [0.25, 0.3) is 0 Å². The molecule has 5 rings (SSSR count). The zero-order valence-electron chi connectivity index (χ0n) is 15.2. The molecular weight excluding hydrogens is 354 g/mol. The number of anilines is 1. The van der Waals surface area contributed by atoms with Crippen LogP contribution < -0.4 is 4.90 Å². The fourth-order valence-electron chi connectivity index (χ4n) is 3.49. The van der Waals surface area contributed by atoms with Crippen molar-refractivity contribution in [2.45, 2.75) is 18.9 Å². The second-order valence-electron chi connectivity index (χ2n) is 6.70. The van der Waals surface area contributed by atoms with E-state index >= 15 is 0 Å². The van der Waals surface area contributed by atoms with E-state index in [0.717, 1.165) is 49.0 Å². The van der Waals surface area contributed by atoms with Gasteiger partial charge in [0.2, 0.25) is 0 Å². The third-order valence-corrected chi connectivity index (χ3v) is 4.98. The molecule has 28 heavy (non-hydrogen) atoms. The predicted molar refractivity (Wildman–Crippen MR) is 103 cm³/mol. The first-order valence-electron chi connectivity index (χ1n) is 9.27. The predicted octanol–water partition coefficient (Wildman–Crippen LogP) is 2.16. The fraction of sp³-hybridized carbons (Fsp3) is 0.263. The minimum absolute atomic E-state index is 0.327. The molecule has 1 fully saturated rings. The Morgan fingerprint density at radius 2 is 1.79 bits per heavy atom. The van der Waals surface area contributed by atoms with Crippen LogP contribution in [0.2, 0.25) is 0 Å². The Morgan fingerprint density at radius 1 is 0.893 bits per heavy atom. The molecule has 0 N–H and O–H groups in total. The Morgan fingerprint density at radius 3 is 2.57 bits per heavy atom. The lowest BCUT2D eigenvalue weighted by Gasteiger charge is -2.32. The molecule has 9 nitrogen and oxygen atoms in total. The van der Waals surface area contributed by atoms with E-state index in [2.05, 4.69) is 35.3 Å². The number of aromatic nitrogens is 8. The quantitative estimate of drug-likeness (QED) is 0.541. The SMILES string of the molecule is c1ccc(-c2cn(C3CCN(c4cc(-n5cccn5)ncn4)CC3)nn2)nc1. The second kappa shape index (κ2) is 7.18. The van der Waals surface area contributed by atoms with Gasteiger partial charge >= 0.3 is 0 Å². The van der Waals surface area contributed by atoms with Crippen LogP contribution in [-0.4, -0.2) is 52.8 Å². The third kappa shape index (κ3) is 3.22. The Kier molecular flexibility index (Phi) is 4.24. The lowest BCUT2D eigenvalue weighted by molar-refractivity contribution is 0.359. The Bertz CT molecular complexity index is 1030. The van der Waals surface area contributed by atoms with Crippen LogP contribution in [0.4, 0.5) is 5.82 Å². The van der Waals surface area contributed by atoms with Crippen LogP contribution in [0.15, 0.2) is 61.4 Å². The van der Waals surface area contributed by atoms with E-state index in [-0.39, 0.29) is 0 Å². The number of rotatable bonds is 4. The Hall–Kier alpha value is -3.62. The van der Waals surface area contributed by atoms with Gasteiger partial charge in [-0.1, -0.05) is 11.3 Å². The smallest absolute Gasteiger partial charge is 0.158 e. The average Bonchev–Trinajstić information content (AvgIpc) is 3.47. The monoisotopic (exact) mass is 373 g/mol. The summed E-state index contributed by atoms with van der Waals surface area (Å²) in [7, 11) is 0. The van der Waals surface area contributed by atoms with Gasteiger partial charge in [0.1, 0.15) is 17.8 Å². The maximum absolute atomic E-state index is 4.45. The van der Waals surface area contributed by atoms with E-state index in [4.69, 9.17) is 0 Å². The van der Waals surface area contributed by atoms with Crippen molar-refractivity contribution in [3.8, 4) is 17.2 Å². The highest BCUT2D eigenvalue weighted by molar-refractivity contribution is 5.51. The maximum atomic E-state index is 4.45. The molecule has 0 atom stereocenters. The van der Waals surface area contributed by atoms with Gasteiger partial charge in [0, 0.05) is 37.7 Å². The number of nitrogens with zero attached hydrogens (tertiary/aromatic N) is 9. The zero-order valence-corrected chi connectivity index (χ0v) is 15.2. The van der Waals surface area contributed by atoms with E-state index in [9.17, 15) is 0 Å². The number of piperidine rings is 1. The molecule has 0 spiro atoms. The molecule has 4 aromatic heterocycles. The molecule has 0 aliphatic carbocycles. The summed E-state index contributed by atoms with van der Waals surface area (Å²) in [5, 5.41) is 12.9. The van der Waals surface area contributed by atoms with Gasteiger partial charge in [0.15, 0.2) is 5.82 Å². The van der Waals surface area contributed by atoms with Crippen molar-refractivity contribution in [2.24, 2.45) is 0 Å². The molecule has 0 unspecified atom stereocenters. The third-order valence-electron chi connectivity index (χ3n) is 4.98. The molecule has 0 amide bonds. The van der Waals surface area contributed by atoms with Crippen molar-refractivity contribution in [3.05, 3.63) is 61.4 Å². The first-order valence-corrected chi connectivity index (χ1v) is 9.27. The van der Waals surface area contributed by atoms with Crippen LogP contribution >= 0.6 is 0 Å². The zero-order chi connectivity index (χ0) is 18.8. The molecule has 0 aromatic carbocycles. The topological polar surface area (TPSA) is 90.4 Å². The molecule has 0 saturated carbocycles. The highest BCUT2D eigenvalue weighted by Crippen LogP contribution is 2.26. The van der Waals surface area contributed by atoms with Crippen LogP contribution in [0.3, 0.4) is 0 Å². The number of hydrogen-bond acceptors (Lipinski definition) is 7. The summed E-state index contributed by atoms with van der Waals surface area (Å²) in [6.45, 7) is 1.80. The summed E-state index contributed by atoms with van der Waals surface area (Å²) in [6.07, 6.45) is 10.9. The fourth-order valence-corrected chi connectivity index (χ4v) is 3.49.